The third-order valence-corrected chi connectivity index (χ3v) is 4.00. The van der Waals surface area contributed by atoms with Crippen molar-refractivity contribution in [3.05, 3.63) is 24.3 Å². The van der Waals surface area contributed by atoms with Crippen molar-refractivity contribution >= 4 is 39.9 Å². The van der Waals surface area contributed by atoms with Gasteiger partial charge in [0.1, 0.15) is 5.75 Å². The van der Waals surface area contributed by atoms with Crippen molar-refractivity contribution in [1.82, 2.24) is 10.2 Å². The van der Waals surface area contributed by atoms with Crippen molar-refractivity contribution in [1.29, 1.82) is 0 Å². The molecule has 0 radical (unpaired) electrons. The van der Waals surface area contributed by atoms with Crippen LogP contribution in [0.4, 0.5) is 10.8 Å². The van der Waals surface area contributed by atoms with Crippen molar-refractivity contribution < 1.29 is 14.6 Å². The van der Waals surface area contributed by atoms with E-state index in [0.717, 1.165) is 23.2 Å². The van der Waals surface area contributed by atoms with Crippen molar-refractivity contribution in [2.75, 3.05) is 18.2 Å². The van der Waals surface area contributed by atoms with E-state index in [0.29, 0.717) is 9.47 Å². The highest BCUT2D eigenvalue weighted by molar-refractivity contribution is 8.01. The molecule has 1 aromatic heterocycles. The second kappa shape index (κ2) is 6.39. The lowest BCUT2D eigenvalue weighted by Gasteiger charge is -2.04. The van der Waals surface area contributed by atoms with Gasteiger partial charge in [0.25, 0.3) is 0 Å². The minimum absolute atomic E-state index is 0.0200. The Morgan fingerprint density at radius 3 is 3.11 bits per heavy atom. The number of anilines is 2. The van der Waals surface area contributed by atoms with E-state index in [1.807, 2.05) is 24.3 Å². The molecule has 0 bridgehead atoms. The number of carboxylic acid groups (broad SMARTS) is 1. The molecule has 0 amide bonds. The molecular weight excluding hydrogens is 286 g/mol. The second-order valence-corrected chi connectivity index (χ2v) is 5.61. The van der Waals surface area contributed by atoms with Crippen LogP contribution in [0.3, 0.4) is 0 Å². The quantitative estimate of drug-likeness (QED) is 0.792. The molecule has 19 heavy (non-hydrogen) atoms. The van der Waals surface area contributed by atoms with E-state index in [1.54, 1.807) is 7.11 Å². The first-order chi connectivity index (χ1) is 9.17. The zero-order chi connectivity index (χ0) is 13.7. The number of rotatable bonds is 6. The lowest BCUT2D eigenvalue weighted by Crippen LogP contribution is -1.96. The number of thioether (sulfide) groups is 1. The number of aromatic nitrogens is 2. The average molecular weight is 297 g/mol. The first-order valence-electron chi connectivity index (χ1n) is 5.26. The summed E-state index contributed by atoms with van der Waals surface area (Å²) in [5, 5.41) is 20.1. The largest absolute Gasteiger partial charge is 0.497 e. The summed E-state index contributed by atoms with van der Waals surface area (Å²) in [7, 11) is 1.60. The van der Waals surface area contributed by atoms with E-state index >= 15 is 0 Å². The summed E-state index contributed by atoms with van der Waals surface area (Å²) in [5.41, 5.74) is 0.838. The highest BCUT2D eigenvalue weighted by atomic mass is 32.2. The maximum absolute atomic E-state index is 10.4. The van der Waals surface area contributed by atoms with E-state index < -0.39 is 5.97 Å². The summed E-state index contributed by atoms with van der Waals surface area (Å²) in [5.74, 6) is -0.147. The number of hydrogen-bond donors (Lipinski definition) is 2. The van der Waals surface area contributed by atoms with Crippen LogP contribution in [-0.4, -0.2) is 34.1 Å². The minimum atomic E-state index is -0.873. The number of methoxy groups -OCH3 is 1. The Morgan fingerprint density at radius 1 is 1.53 bits per heavy atom. The lowest BCUT2D eigenvalue weighted by atomic mass is 10.3. The first-order valence-corrected chi connectivity index (χ1v) is 7.07. The summed E-state index contributed by atoms with van der Waals surface area (Å²) in [6.45, 7) is 0. The Labute approximate surface area is 117 Å². The smallest absolute Gasteiger partial charge is 0.313 e. The number of nitrogens with one attached hydrogen (secondary N) is 1. The molecular formula is C11H11N3O3S2. The highest BCUT2D eigenvalue weighted by Gasteiger charge is 2.07. The van der Waals surface area contributed by atoms with Gasteiger partial charge in [-0.05, 0) is 12.1 Å². The van der Waals surface area contributed by atoms with Crippen LogP contribution in [0.1, 0.15) is 0 Å². The Hall–Kier alpha value is -1.80. The fourth-order valence-corrected chi connectivity index (χ4v) is 2.76. The number of aliphatic carboxylic acids is 1. The molecule has 0 aliphatic heterocycles. The van der Waals surface area contributed by atoms with Crippen LogP contribution in [0.2, 0.25) is 0 Å². The molecule has 2 N–H and O–H groups in total. The normalized spacial score (nSPS) is 10.2. The van der Waals surface area contributed by atoms with Crippen molar-refractivity contribution in [2.24, 2.45) is 0 Å². The number of carbonyl (C=O) groups is 1. The van der Waals surface area contributed by atoms with E-state index in [-0.39, 0.29) is 5.75 Å². The molecule has 0 saturated heterocycles. The molecule has 0 atom stereocenters. The van der Waals surface area contributed by atoms with Crippen LogP contribution < -0.4 is 10.1 Å². The molecule has 0 spiro atoms. The molecule has 0 fully saturated rings. The van der Waals surface area contributed by atoms with Gasteiger partial charge in [0.2, 0.25) is 5.13 Å². The van der Waals surface area contributed by atoms with E-state index in [1.165, 1.54) is 11.3 Å². The van der Waals surface area contributed by atoms with Gasteiger partial charge in [-0.25, -0.2) is 0 Å². The SMILES string of the molecule is COc1cccc(Nc2nnc(SCC(=O)O)s2)c1. The number of carboxylic acids is 1. The van der Waals surface area contributed by atoms with Gasteiger partial charge >= 0.3 is 5.97 Å². The zero-order valence-electron chi connectivity index (χ0n) is 9.99. The molecule has 0 aliphatic rings. The van der Waals surface area contributed by atoms with Crippen molar-refractivity contribution in [3.8, 4) is 5.75 Å². The van der Waals surface area contributed by atoms with Gasteiger partial charge in [-0.15, -0.1) is 10.2 Å². The first kappa shape index (κ1) is 13.6. The molecule has 0 unspecified atom stereocenters. The molecule has 0 aliphatic carbocycles. The number of hydrogen-bond acceptors (Lipinski definition) is 7. The van der Waals surface area contributed by atoms with Crippen LogP contribution in [0.15, 0.2) is 28.6 Å². The standard InChI is InChI=1S/C11H11N3O3S2/c1-17-8-4-2-3-7(5-8)12-10-13-14-11(19-10)18-6-9(15)16/h2-5H,6H2,1H3,(H,12,13)(H,15,16). The average Bonchev–Trinajstić information content (AvgIpc) is 2.84. The molecule has 0 saturated carbocycles. The molecule has 2 rings (SSSR count). The third-order valence-electron chi connectivity index (χ3n) is 2.05. The van der Waals surface area contributed by atoms with E-state index in [4.69, 9.17) is 9.84 Å². The van der Waals surface area contributed by atoms with Gasteiger partial charge < -0.3 is 15.2 Å². The fraction of sp³-hybridized carbons (Fsp3) is 0.182. The van der Waals surface area contributed by atoms with Gasteiger partial charge in [0, 0.05) is 11.8 Å². The minimum Gasteiger partial charge on any atom is -0.497 e. The molecule has 2 aromatic rings. The summed E-state index contributed by atoms with van der Waals surface area (Å²) in [6.07, 6.45) is 0. The van der Waals surface area contributed by atoms with Gasteiger partial charge in [0.15, 0.2) is 4.34 Å². The third kappa shape index (κ3) is 4.11. The van der Waals surface area contributed by atoms with Gasteiger partial charge in [0.05, 0.1) is 12.9 Å². The van der Waals surface area contributed by atoms with Crippen LogP contribution in [0.5, 0.6) is 5.75 Å². The van der Waals surface area contributed by atoms with Crippen molar-refractivity contribution in [2.45, 2.75) is 4.34 Å². The summed E-state index contributed by atoms with van der Waals surface area (Å²) < 4.78 is 5.74. The second-order valence-electron chi connectivity index (χ2n) is 3.41. The van der Waals surface area contributed by atoms with Gasteiger partial charge in [-0.3, -0.25) is 4.79 Å². The predicted molar refractivity (Wildman–Crippen MR) is 74.5 cm³/mol. The summed E-state index contributed by atoms with van der Waals surface area (Å²) >= 11 is 2.46. The van der Waals surface area contributed by atoms with E-state index in [9.17, 15) is 4.79 Å². The number of ether oxygens (including phenoxy) is 1. The van der Waals surface area contributed by atoms with E-state index in [2.05, 4.69) is 15.5 Å². The predicted octanol–water partition coefficient (Wildman–Crippen LogP) is 2.47. The van der Waals surface area contributed by atoms with Gasteiger partial charge in [-0.1, -0.05) is 29.2 Å². The Morgan fingerprint density at radius 2 is 2.37 bits per heavy atom. The Balaban J connectivity index is 2.00. The maximum Gasteiger partial charge on any atom is 0.313 e. The topological polar surface area (TPSA) is 84.3 Å². The lowest BCUT2D eigenvalue weighted by molar-refractivity contribution is -0.133. The fourth-order valence-electron chi connectivity index (χ4n) is 1.27. The number of benzene rings is 1. The Kier molecular flexibility index (Phi) is 4.58. The number of nitrogens with zero attached hydrogens (tertiary/aromatic N) is 2. The Bertz CT molecular complexity index is 574. The molecule has 6 nitrogen and oxygen atoms in total. The highest BCUT2D eigenvalue weighted by Crippen LogP contribution is 2.28. The van der Waals surface area contributed by atoms with Gasteiger partial charge in [-0.2, -0.15) is 0 Å². The summed E-state index contributed by atoms with van der Waals surface area (Å²) in [6, 6.07) is 7.43. The van der Waals surface area contributed by atoms with Crippen LogP contribution >= 0.6 is 23.1 Å². The van der Waals surface area contributed by atoms with Crippen molar-refractivity contribution in [3.63, 3.8) is 0 Å². The molecule has 8 heteroatoms. The maximum atomic E-state index is 10.4. The molecule has 100 valence electrons. The molecule has 1 aromatic carbocycles. The monoisotopic (exact) mass is 297 g/mol. The van der Waals surface area contributed by atoms with Crippen LogP contribution in [0.25, 0.3) is 0 Å². The van der Waals surface area contributed by atoms with Crippen LogP contribution in [0, 0.1) is 0 Å². The van der Waals surface area contributed by atoms with Crippen LogP contribution in [-0.2, 0) is 4.79 Å². The summed E-state index contributed by atoms with van der Waals surface area (Å²) in [4.78, 5) is 10.4. The molecule has 1 heterocycles. The zero-order valence-corrected chi connectivity index (χ0v) is 11.6.